The number of nitrogens with zero attached hydrogens (tertiary/aromatic N) is 2. The molecule has 0 spiro atoms. The number of amides is 1. The number of rotatable bonds is 1. The van der Waals surface area contributed by atoms with Crippen molar-refractivity contribution in [2.75, 3.05) is 19.7 Å². The fraction of sp³-hybridized carbons (Fsp3) is 0.467. The van der Waals surface area contributed by atoms with Gasteiger partial charge in [0.1, 0.15) is 0 Å². The van der Waals surface area contributed by atoms with Crippen LogP contribution in [0.25, 0.3) is 10.2 Å². The fourth-order valence-electron chi connectivity index (χ4n) is 2.77. The number of fused-ring (bicyclic) bond motifs is 2. The van der Waals surface area contributed by atoms with E-state index in [1.807, 2.05) is 6.92 Å². The molecule has 1 aliphatic rings. The summed E-state index contributed by atoms with van der Waals surface area (Å²) in [5, 5.41) is 2.09. The Kier molecular flexibility index (Phi) is 3.61. The van der Waals surface area contributed by atoms with E-state index in [-0.39, 0.29) is 6.09 Å². The monoisotopic (exact) mass is 290 g/mol. The van der Waals surface area contributed by atoms with Crippen molar-refractivity contribution < 1.29 is 9.53 Å². The molecule has 0 aliphatic carbocycles. The van der Waals surface area contributed by atoms with E-state index in [1.54, 1.807) is 16.2 Å². The predicted molar refractivity (Wildman–Crippen MR) is 80.4 cm³/mol. The zero-order chi connectivity index (χ0) is 14.1. The van der Waals surface area contributed by atoms with E-state index >= 15 is 0 Å². The molecule has 0 fully saturated rings. The molecule has 106 valence electrons. The highest BCUT2D eigenvalue weighted by Crippen LogP contribution is 2.29. The number of hydrogen-bond donors (Lipinski definition) is 0. The predicted octanol–water partition coefficient (Wildman–Crippen LogP) is 3.16. The summed E-state index contributed by atoms with van der Waals surface area (Å²) in [7, 11) is 0. The first kappa shape index (κ1) is 13.4. The molecule has 0 bridgehead atoms. The molecule has 1 aliphatic heterocycles. The van der Waals surface area contributed by atoms with E-state index in [2.05, 4.69) is 18.4 Å². The number of aromatic nitrogens is 1. The third-order valence-electron chi connectivity index (χ3n) is 3.82. The summed E-state index contributed by atoms with van der Waals surface area (Å²) >= 11 is 1.74. The van der Waals surface area contributed by atoms with Crippen molar-refractivity contribution in [1.82, 2.24) is 9.88 Å². The number of carbonyl (C=O) groups excluding carboxylic acids is 1. The molecule has 0 atom stereocenters. The van der Waals surface area contributed by atoms with Gasteiger partial charge >= 0.3 is 6.09 Å². The summed E-state index contributed by atoms with van der Waals surface area (Å²) in [6.07, 6.45) is 1.46. The van der Waals surface area contributed by atoms with Crippen molar-refractivity contribution in [2.24, 2.45) is 0 Å². The summed E-state index contributed by atoms with van der Waals surface area (Å²) in [5.41, 5.74) is 4.86. The van der Waals surface area contributed by atoms with Crippen LogP contribution in [0.2, 0.25) is 0 Å². The van der Waals surface area contributed by atoms with Crippen molar-refractivity contribution in [3.05, 3.63) is 28.3 Å². The maximum atomic E-state index is 11.9. The Morgan fingerprint density at radius 2 is 2.25 bits per heavy atom. The molecule has 0 radical (unpaired) electrons. The van der Waals surface area contributed by atoms with Gasteiger partial charge in [0.25, 0.3) is 0 Å². The highest BCUT2D eigenvalue weighted by atomic mass is 32.1. The van der Waals surface area contributed by atoms with Crippen LogP contribution < -0.4 is 0 Å². The summed E-state index contributed by atoms with van der Waals surface area (Å²) < 4.78 is 6.37. The van der Waals surface area contributed by atoms with Gasteiger partial charge in [0.2, 0.25) is 0 Å². The Morgan fingerprint density at radius 1 is 1.45 bits per heavy atom. The average Bonchev–Trinajstić information content (AvgIpc) is 2.79. The van der Waals surface area contributed by atoms with Crippen LogP contribution in [0.5, 0.6) is 0 Å². The van der Waals surface area contributed by atoms with E-state index in [4.69, 9.17) is 9.72 Å². The van der Waals surface area contributed by atoms with Gasteiger partial charge in [0.15, 0.2) is 0 Å². The Bertz CT molecular complexity index is 651. The maximum absolute atomic E-state index is 11.9. The third-order valence-corrected chi connectivity index (χ3v) is 4.84. The molecule has 0 saturated carbocycles. The molecule has 2 aromatic rings. The molecule has 0 unspecified atom stereocenters. The highest BCUT2D eigenvalue weighted by molar-refractivity contribution is 7.17. The topological polar surface area (TPSA) is 42.4 Å². The average molecular weight is 290 g/mol. The lowest BCUT2D eigenvalue weighted by molar-refractivity contribution is 0.109. The number of pyridine rings is 1. The minimum atomic E-state index is -0.209. The van der Waals surface area contributed by atoms with Gasteiger partial charge in [-0.15, -0.1) is 11.3 Å². The van der Waals surface area contributed by atoms with E-state index in [1.165, 1.54) is 15.8 Å². The Hall–Kier alpha value is -1.62. The lowest BCUT2D eigenvalue weighted by atomic mass is 10.0. The van der Waals surface area contributed by atoms with Gasteiger partial charge < -0.3 is 9.64 Å². The summed E-state index contributed by atoms with van der Waals surface area (Å²) in [6, 6.07) is 2.07. The number of carbonyl (C=O) groups is 1. The molecule has 1 amide bonds. The third kappa shape index (κ3) is 2.26. The van der Waals surface area contributed by atoms with Gasteiger partial charge in [-0.1, -0.05) is 0 Å². The highest BCUT2D eigenvalue weighted by Gasteiger charge is 2.22. The normalized spacial score (nSPS) is 15.0. The Labute approximate surface area is 122 Å². The zero-order valence-electron chi connectivity index (χ0n) is 11.8. The minimum Gasteiger partial charge on any atom is -0.450 e. The van der Waals surface area contributed by atoms with Gasteiger partial charge in [0.05, 0.1) is 16.8 Å². The van der Waals surface area contributed by atoms with E-state index < -0.39 is 0 Å². The molecular weight excluding hydrogens is 272 g/mol. The number of aryl methyl sites for hydroxylation is 1. The maximum Gasteiger partial charge on any atom is 0.409 e. The molecule has 3 rings (SSSR count). The molecule has 4 nitrogen and oxygen atoms in total. The van der Waals surface area contributed by atoms with Gasteiger partial charge in [-0.05, 0) is 42.8 Å². The van der Waals surface area contributed by atoms with E-state index in [0.29, 0.717) is 19.7 Å². The SMILES string of the molecule is CCOC(=O)N1CCc2nc3ccsc3c(C)c2CC1. The second-order valence-corrected chi connectivity index (χ2v) is 5.90. The van der Waals surface area contributed by atoms with Crippen molar-refractivity contribution in [3.63, 3.8) is 0 Å². The molecule has 20 heavy (non-hydrogen) atoms. The fourth-order valence-corrected chi connectivity index (χ4v) is 3.64. The van der Waals surface area contributed by atoms with Crippen LogP contribution in [0.1, 0.15) is 23.7 Å². The van der Waals surface area contributed by atoms with Crippen molar-refractivity contribution in [1.29, 1.82) is 0 Å². The first-order valence-corrected chi connectivity index (χ1v) is 7.86. The van der Waals surface area contributed by atoms with Crippen LogP contribution in [0, 0.1) is 6.92 Å². The molecule has 5 heteroatoms. The number of thiophene rings is 1. The van der Waals surface area contributed by atoms with Crippen LogP contribution in [0.15, 0.2) is 11.4 Å². The zero-order valence-corrected chi connectivity index (χ0v) is 12.6. The second-order valence-electron chi connectivity index (χ2n) is 4.98. The standard InChI is InChI=1S/C15H18N2O2S/c1-3-19-15(18)17-7-4-11-10(2)14-13(6-9-20-14)16-12(11)5-8-17/h6,9H,3-5,7-8H2,1-2H3. The molecule has 2 aromatic heterocycles. The molecule has 3 heterocycles. The lowest BCUT2D eigenvalue weighted by Gasteiger charge is -2.18. The van der Waals surface area contributed by atoms with Gasteiger partial charge in [0, 0.05) is 25.2 Å². The summed E-state index contributed by atoms with van der Waals surface area (Å²) in [6.45, 7) is 5.83. The summed E-state index contributed by atoms with van der Waals surface area (Å²) in [5.74, 6) is 0. The number of hydrogen-bond acceptors (Lipinski definition) is 4. The van der Waals surface area contributed by atoms with Crippen LogP contribution in [0.4, 0.5) is 4.79 Å². The number of ether oxygens (including phenoxy) is 1. The van der Waals surface area contributed by atoms with Crippen LogP contribution in [0.3, 0.4) is 0 Å². The van der Waals surface area contributed by atoms with Crippen molar-refractivity contribution in [3.8, 4) is 0 Å². The first-order valence-electron chi connectivity index (χ1n) is 6.98. The summed E-state index contributed by atoms with van der Waals surface area (Å²) in [4.78, 5) is 18.4. The van der Waals surface area contributed by atoms with Crippen LogP contribution >= 0.6 is 11.3 Å². The first-order chi connectivity index (χ1) is 9.70. The molecular formula is C15H18N2O2S. The van der Waals surface area contributed by atoms with Crippen LogP contribution in [-0.2, 0) is 17.6 Å². The van der Waals surface area contributed by atoms with Gasteiger partial charge in [-0.25, -0.2) is 4.79 Å². The Balaban J connectivity index is 1.91. The molecule has 0 saturated heterocycles. The van der Waals surface area contributed by atoms with Gasteiger partial charge in [-0.2, -0.15) is 0 Å². The van der Waals surface area contributed by atoms with Gasteiger partial charge in [-0.3, -0.25) is 4.98 Å². The Morgan fingerprint density at radius 3 is 3.05 bits per heavy atom. The minimum absolute atomic E-state index is 0.209. The second kappa shape index (κ2) is 5.40. The molecule has 0 aromatic carbocycles. The van der Waals surface area contributed by atoms with E-state index in [9.17, 15) is 4.79 Å². The molecule has 0 N–H and O–H groups in total. The van der Waals surface area contributed by atoms with Crippen molar-refractivity contribution >= 4 is 27.6 Å². The quantitative estimate of drug-likeness (QED) is 0.810. The largest absolute Gasteiger partial charge is 0.450 e. The lowest BCUT2D eigenvalue weighted by Crippen LogP contribution is -2.33. The smallest absolute Gasteiger partial charge is 0.409 e. The van der Waals surface area contributed by atoms with Crippen molar-refractivity contribution in [2.45, 2.75) is 26.7 Å². The van der Waals surface area contributed by atoms with Crippen LogP contribution in [-0.4, -0.2) is 35.7 Å². The van der Waals surface area contributed by atoms with E-state index in [0.717, 1.165) is 24.1 Å².